The molecule has 5 nitrogen and oxygen atoms in total. The molecule has 0 aliphatic rings. The van der Waals surface area contributed by atoms with Crippen molar-refractivity contribution in [3.63, 3.8) is 0 Å². The van der Waals surface area contributed by atoms with Crippen molar-refractivity contribution in [2.24, 2.45) is 0 Å². The number of anilines is 1. The molecule has 0 spiro atoms. The first-order valence-electron chi connectivity index (χ1n) is 7.16. The molecule has 3 aromatic carbocycles. The summed E-state index contributed by atoms with van der Waals surface area (Å²) in [6.45, 7) is 0. The van der Waals surface area contributed by atoms with Gasteiger partial charge in [0, 0.05) is 0 Å². The molecule has 116 valence electrons. The van der Waals surface area contributed by atoms with Gasteiger partial charge >= 0.3 is 0 Å². The molecule has 0 radical (unpaired) electrons. The number of hydrogen-bond acceptors (Lipinski definition) is 5. The van der Waals surface area contributed by atoms with Crippen LogP contribution in [0.15, 0.2) is 70.3 Å². The van der Waals surface area contributed by atoms with Gasteiger partial charge in [0.15, 0.2) is 5.75 Å². The molecule has 3 N–H and O–H groups in total. The first kappa shape index (κ1) is 15.0. The maximum absolute atomic E-state index is 11.6. The van der Waals surface area contributed by atoms with Crippen LogP contribution in [-0.4, -0.2) is 10.2 Å². The maximum Gasteiger partial charge on any atom is 0.271 e. The molecule has 0 amide bonds. The Morgan fingerprint density at radius 2 is 1.30 bits per heavy atom. The van der Waals surface area contributed by atoms with E-state index >= 15 is 0 Å². The van der Waals surface area contributed by atoms with Gasteiger partial charge in [-0.25, -0.2) is 0 Å². The van der Waals surface area contributed by atoms with Crippen LogP contribution in [0.1, 0.15) is 23.3 Å². The summed E-state index contributed by atoms with van der Waals surface area (Å²) in [5.74, 6) is -0.587. The molecule has 5 heteroatoms. The lowest BCUT2D eigenvalue weighted by Crippen LogP contribution is -2.35. The van der Waals surface area contributed by atoms with Crippen molar-refractivity contribution >= 4 is 5.69 Å². The quantitative estimate of drug-likeness (QED) is 0.626. The molecule has 3 rings (SSSR count). The maximum atomic E-state index is 11.6. The lowest BCUT2D eigenvalue weighted by Gasteiger charge is -2.26. The van der Waals surface area contributed by atoms with E-state index in [2.05, 4.69) is 5.32 Å². The van der Waals surface area contributed by atoms with E-state index in [1.165, 1.54) is 0 Å². The smallest absolute Gasteiger partial charge is 0.271 e. The molecule has 2 atom stereocenters. The molecule has 2 unspecified atom stereocenters. The molecule has 0 fully saturated rings. The van der Waals surface area contributed by atoms with Gasteiger partial charge in [-0.1, -0.05) is 60.7 Å². The second-order valence-corrected chi connectivity index (χ2v) is 5.27. The summed E-state index contributed by atoms with van der Waals surface area (Å²) in [6, 6.07) is 17.4. The van der Waals surface area contributed by atoms with Crippen LogP contribution >= 0.6 is 0 Å². The zero-order valence-electron chi connectivity index (χ0n) is 12.1. The predicted molar refractivity (Wildman–Crippen MR) is 87.2 cm³/mol. The van der Waals surface area contributed by atoms with Crippen LogP contribution in [-0.2, 0) is 0 Å². The minimum Gasteiger partial charge on any atom is -0.502 e. The van der Waals surface area contributed by atoms with Gasteiger partial charge in [0.25, 0.3) is 10.9 Å². The number of hydrogen-bond donors (Lipinski definition) is 3. The van der Waals surface area contributed by atoms with Crippen LogP contribution in [0.25, 0.3) is 0 Å². The summed E-state index contributed by atoms with van der Waals surface area (Å²) >= 11 is 0. The third-order valence-corrected chi connectivity index (χ3v) is 3.80. The van der Waals surface area contributed by atoms with Crippen LogP contribution < -0.4 is 16.2 Å². The molecule has 0 aliphatic heterocycles. The number of aliphatic hydroxyl groups is 1. The molecule has 23 heavy (non-hydrogen) atoms. The molecule has 0 heterocycles. The highest BCUT2D eigenvalue weighted by molar-refractivity contribution is 5.62. The summed E-state index contributed by atoms with van der Waals surface area (Å²) in [4.78, 5) is 22.8. The van der Waals surface area contributed by atoms with Crippen molar-refractivity contribution < 1.29 is 10.2 Å². The Kier molecular flexibility index (Phi) is 3.95. The summed E-state index contributed by atoms with van der Waals surface area (Å²) < 4.78 is 0. The number of aromatic hydroxyl groups is 1. The molecule has 0 saturated carbocycles. The Labute approximate surface area is 132 Å². The van der Waals surface area contributed by atoms with E-state index in [0.717, 1.165) is 5.56 Å². The van der Waals surface area contributed by atoms with E-state index in [0.29, 0.717) is 5.56 Å². The van der Waals surface area contributed by atoms with Crippen molar-refractivity contribution in [3.8, 4) is 5.75 Å². The van der Waals surface area contributed by atoms with Gasteiger partial charge in [0.2, 0.25) is 0 Å². The Bertz CT molecular complexity index is 867. The van der Waals surface area contributed by atoms with Gasteiger partial charge in [-0.3, -0.25) is 9.59 Å². The highest BCUT2D eigenvalue weighted by Crippen LogP contribution is 2.33. The predicted octanol–water partition coefficient (Wildman–Crippen LogP) is 1.87. The molecule has 0 bridgehead atoms. The summed E-state index contributed by atoms with van der Waals surface area (Å²) in [7, 11) is 0. The van der Waals surface area contributed by atoms with Crippen LogP contribution in [0.4, 0.5) is 5.69 Å². The second-order valence-electron chi connectivity index (χ2n) is 5.27. The van der Waals surface area contributed by atoms with E-state index in [-0.39, 0.29) is 5.69 Å². The van der Waals surface area contributed by atoms with E-state index in [1.807, 2.05) is 24.3 Å². The first-order valence-corrected chi connectivity index (χ1v) is 7.16. The fraction of sp³-hybridized carbons (Fsp3) is 0.111. The Balaban J connectivity index is 1.98. The minimum atomic E-state index is -0.956. The Morgan fingerprint density at radius 1 is 0.783 bits per heavy atom. The van der Waals surface area contributed by atoms with Crippen LogP contribution in [0.5, 0.6) is 5.75 Å². The van der Waals surface area contributed by atoms with E-state index in [9.17, 15) is 19.8 Å². The molecular weight excluding hydrogens is 294 g/mol. The second kappa shape index (κ2) is 6.06. The van der Waals surface area contributed by atoms with Gasteiger partial charge in [0.1, 0.15) is 11.8 Å². The average molecular weight is 309 g/mol. The van der Waals surface area contributed by atoms with Crippen LogP contribution in [0.2, 0.25) is 0 Å². The zero-order valence-corrected chi connectivity index (χ0v) is 12.1. The monoisotopic (exact) mass is 309 g/mol. The van der Waals surface area contributed by atoms with E-state index < -0.39 is 28.8 Å². The molecule has 0 saturated heterocycles. The largest absolute Gasteiger partial charge is 0.502 e. The van der Waals surface area contributed by atoms with Crippen LogP contribution in [0, 0.1) is 0 Å². The standard InChI is InChI=1S/C18H15NO4/c20-15(12-9-5-2-6-10-12)13(11-7-3-1-4-8-11)19-14-16(21)18(23)17(14)22/h1-10,13,15,19-21H. The topological polar surface area (TPSA) is 86.6 Å². The number of rotatable bonds is 5. The van der Waals surface area contributed by atoms with Crippen molar-refractivity contribution in [2.75, 3.05) is 5.32 Å². The molecule has 3 aromatic rings. The Hall–Kier alpha value is -2.92. The molecule has 0 aromatic heterocycles. The highest BCUT2D eigenvalue weighted by Gasteiger charge is 2.28. The summed E-state index contributed by atoms with van der Waals surface area (Å²) in [5, 5.41) is 23.0. The summed E-state index contributed by atoms with van der Waals surface area (Å²) in [5.41, 5.74) is -0.445. The number of nitrogens with one attached hydrogen (secondary N) is 1. The molecular formula is C18H15NO4. The average Bonchev–Trinajstić information content (AvgIpc) is 2.62. The number of benzene rings is 2. The van der Waals surface area contributed by atoms with Crippen molar-refractivity contribution in [2.45, 2.75) is 12.1 Å². The van der Waals surface area contributed by atoms with E-state index in [4.69, 9.17) is 0 Å². The van der Waals surface area contributed by atoms with Gasteiger partial charge in [0.05, 0.1) is 6.04 Å². The third-order valence-electron chi connectivity index (χ3n) is 3.80. The lowest BCUT2D eigenvalue weighted by molar-refractivity contribution is 0.154. The summed E-state index contributed by atoms with van der Waals surface area (Å²) in [6.07, 6.45) is -0.956. The van der Waals surface area contributed by atoms with Gasteiger partial charge in [-0.15, -0.1) is 0 Å². The Morgan fingerprint density at radius 3 is 1.83 bits per heavy atom. The van der Waals surface area contributed by atoms with Crippen molar-refractivity contribution in [3.05, 3.63) is 92.2 Å². The lowest BCUT2D eigenvalue weighted by atomic mass is 9.95. The highest BCUT2D eigenvalue weighted by atomic mass is 16.3. The number of aliphatic hydroxyl groups excluding tert-OH is 1. The first-order chi connectivity index (χ1) is 11.1. The van der Waals surface area contributed by atoms with Gasteiger partial charge < -0.3 is 15.5 Å². The van der Waals surface area contributed by atoms with Crippen molar-refractivity contribution in [1.29, 1.82) is 0 Å². The van der Waals surface area contributed by atoms with Crippen molar-refractivity contribution in [1.82, 2.24) is 0 Å². The van der Waals surface area contributed by atoms with Crippen LogP contribution in [0.3, 0.4) is 0 Å². The van der Waals surface area contributed by atoms with Gasteiger partial charge in [-0.2, -0.15) is 0 Å². The minimum absolute atomic E-state index is 0.154. The van der Waals surface area contributed by atoms with E-state index in [1.54, 1.807) is 36.4 Å². The fourth-order valence-electron chi connectivity index (χ4n) is 2.52. The normalized spacial score (nSPS) is 13.6. The zero-order chi connectivity index (χ0) is 16.4. The third kappa shape index (κ3) is 2.74. The van der Waals surface area contributed by atoms with Gasteiger partial charge in [-0.05, 0) is 11.1 Å². The fourth-order valence-corrected chi connectivity index (χ4v) is 2.52. The molecule has 0 aliphatic carbocycles. The SMILES string of the molecule is O=c1c(O)c(NC(c2ccccc2)C(O)c2ccccc2)c1=O.